The second-order valence-electron chi connectivity index (χ2n) is 4.33. The molecule has 12 heteroatoms. The molecule has 0 aliphatic heterocycles. The number of rotatable bonds is 4. The molecule has 0 spiro atoms. The summed E-state index contributed by atoms with van der Waals surface area (Å²) in [6.45, 7) is 0. The number of nitrogens with zero attached hydrogens (tertiary/aromatic N) is 2. The summed E-state index contributed by atoms with van der Waals surface area (Å²) in [5.74, 6) is -8.19. The zero-order valence-corrected chi connectivity index (χ0v) is 12.5. The number of anilines is 1. The molecule has 2 rings (SSSR count). The summed E-state index contributed by atoms with van der Waals surface area (Å²) < 4.78 is 70.5. The molecule has 130 valence electrons. The molecule has 0 atom stereocenters. The number of aromatic nitrogens is 2. The SMILES string of the molecule is COc1ccc(C(=O)Nc2nc(C(F)(F)C(F)(F)F)ns2)c(O)c1. The van der Waals surface area contributed by atoms with Crippen LogP contribution in [-0.2, 0) is 5.92 Å². The molecule has 24 heavy (non-hydrogen) atoms. The Bertz CT molecular complexity index is 763. The number of benzene rings is 1. The Morgan fingerprint density at radius 3 is 2.50 bits per heavy atom. The third-order valence-corrected chi connectivity index (χ3v) is 3.36. The van der Waals surface area contributed by atoms with E-state index < -0.39 is 34.7 Å². The summed E-state index contributed by atoms with van der Waals surface area (Å²) in [4.78, 5) is 14.9. The monoisotopic (exact) mass is 369 g/mol. The van der Waals surface area contributed by atoms with Gasteiger partial charge in [0.05, 0.1) is 12.7 Å². The van der Waals surface area contributed by atoms with Gasteiger partial charge in [0.15, 0.2) is 0 Å². The van der Waals surface area contributed by atoms with E-state index >= 15 is 0 Å². The van der Waals surface area contributed by atoms with Gasteiger partial charge in [-0.25, -0.2) is 0 Å². The van der Waals surface area contributed by atoms with Crippen molar-refractivity contribution >= 4 is 22.6 Å². The maximum atomic E-state index is 13.1. The summed E-state index contributed by atoms with van der Waals surface area (Å²) >= 11 is 0.150. The average Bonchev–Trinajstić information content (AvgIpc) is 2.94. The molecule has 0 radical (unpaired) electrons. The highest BCUT2D eigenvalue weighted by Gasteiger charge is 2.61. The molecule has 0 aliphatic rings. The van der Waals surface area contributed by atoms with Gasteiger partial charge < -0.3 is 9.84 Å². The fraction of sp³-hybridized carbons (Fsp3) is 0.250. The second kappa shape index (κ2) is 6.19. The van der Waals surface area contributed by atoms with E-state index in [1.807, 2.05) is 5.32 Å². The summed E-state index contributed by atoms with van der Waals surface area (Å²) in [5, 5.41) is 11.1. The number of hydrogen-bond donors (Lipinski definition) is 2. The Kier molecular flexibility index (Phi) is 4.60. The Balaban J connectivity index is 2.20. The highest BCUT2D eigenvalue weighted by molar-refractivity contribution is 7.09. The van der Waals surface area contributed by atoms with Crippen molar-refractivity contribution < 1.29 is 36.6 Å². The number of phenols is 1. The Labute approximate surface area is 135 Å². The maximum absolute atomic E-state index is 13.1. The molecular formula is C12H8F5N3O3S. The molecule has 0 fully saturated rings. The predicted molar refractivity (Wildman–Crippen MR) is 72.5 cm³/mol. The van der Waals surface area contributed by atoms with Crippen LogP contribution in [0.4, 0.5) is 27.1 Å². The van der Waals surface area contributed by atoms with Crippen LogP contribution in [0.15, 0.2) is 18.2 Å². The van der Waals surface area contributed by atoms with Gasteiger partial charge in [0.2, 0.25) is 11.0 Å². The first-order valence-corrected chi connectivity index (χ1v) is 6.80. The number of carbonyl (C=O) groups excluding carboxylic acids is 1. The lowest BCUT2D eigenvalue weighted by Crippen LogP contribution is -2.34. The van der Waals surface area contributed by atoms with Crippen LogP contribution >= 0.6 is 11.5 Å². The van der Waals surface area contributed by atoms with Crippen LogP contribution in [0, 0.1) is 0 Å². The van der Waals surface area contributed by atoms with Crippen molar-refractivity contribution in [2.24, 2.45) is 0 Å². The zero-order valence-electron chi connectivity index (χ0n) is 11.7. The molecular weight excluding hydrogens is 361 g/mol. The maximum Gasteiger partial charge on any atom is 0.461 e. The van der Waals surface area contributed by atoms with Gasteiger partial charge in [0.25, 0.3) is 5.91 Å². The van der Waals surface area contributed by atoms with E-state index in [1.165, 1.54) is 19.2 Å². The van der Waals surface area contributed by atoms with Gasteiger partial charge in [-0.2, -0.15) is 31.3 Å². The number of carbonyl (C=O) groups is 1. The number of ether oxygens (including phenoxy) is 1. The van der Waals surface area contributed by atoms with Crippen molar-refractivity contribution in [1.29, 1.82) is 0 Å². The average molecular weight is 369 g/mol. The molecule has 0 saturated heterocycles. The lowest BCUT2D eigenvalue weighted by atomic mass is 10.2. The van der Waals surface area contributed by atoms with Crippen LogP contribution in [0.2, 0.25) is 0 Å². The van der Waals surface area contributed by atoms with Gasteiger partial charge >= 0.3 is 12.1 Å². The molecule has 1 aromatic carbocycles. The molecule has 1 heterocycles. The highest BCUT2D eigenvalue weighted by Crippen LogP contribution is 2.43. The quantitative estimate of drug-likeness (QED) is 0.809. The van der Waals surface area contributed by atoms with E-state index in [9.17, 15) is 31.9 Å². The summed E-state index contributed by atoms with van der Waals surface area (Å²) in [7, 11) is 1.33. The van der Waals surface area contributed by atoms with Crippen LogP contribution in [0.3, 0.4) is 0 Å². The minimum atomic E-state index is -5.86. The fourth-order valence-electron chi connectivity index (χ4n) is 1.52. The lowest BCUT2D eigenvalue weighted by Gasteiger charge is -2.15. The van der Waals surface area contributed by atoms with Gasteiger partial charge in [0.1, 0.15) is 11.5 Å². The third kappa shape index (κ3) is 3.37. The van der Waals surface area contributed by atoms with Crippen molar-refractivity contribution in [1.82, 2.24) is 9.36 Å². The largest absolute Gasteiger partial charge is 0.507 e. The Hall–Kier alpha value is -2.50. The van der Waals surface area contributed by atoms with Gasteiger partial charge in [0, 0.05) is 17.6 Å². The number of alkyl halides is 5. The molecule has 1 aromatic heterocycles. The van der Waals surface area contributed by atoms with E-state index in [0.717, 1.165) is 6.07 Å². The molecule has 0 saturated carbocycles. The topological polar surface area (TPSA) is 84.3 Å². The van der Waals surface area contributed by atoms with Crippen molar-refractivity contribution in [2.45, 2.75) is 12.1 Å². The number of hydrogen-bond acceptors (Lipinski definition) is 6. The van der Waals surface area contributed by atoms with Crippen LogP contribution in [0.25, 0.3) is 0 Å². The van der Waals surface area contributed by atoms with Gasteiger partial charge in [-0.1, -0.05) is 0 Å². The Morgan fingerprint density at radius 1 is 1.29 bits per heavy atom. The van der Waals surface area contributed by atoms with Crippen molar-refractivity contribution in [3.63, 3.8) is 0 Å². The van der Waals surface area contributed by atoms with Gasteiger partial charge in [-0.05, 0) is 12.1 Å². The first kappa shape index (κ1) is 17.8. The lowest BCUT2D eigenvalue weighted by molar-refractivity contribution is -0.292. The molecule has 2 N–H and O–H groups in total. The van der Waals surface area contributed by atoms with E-state index in [4.69, 9.17) is 4.74 Å². The van der Waals surface area contributed by atoms with E-state index in [-0.39, 0.29) is 22.8 Å². The van der Waals surface area contributed by atoms with E-state index in [0.29, 0.717) is 0 Å². The fourth-order valence-corrected chi connectivity index (χ4v) is 2.12. The molecule has 6 nitrogen and oxygen atoms in total. The number of aromatic hydroxyl groups is 1. The summed E-state index contributed by atoms with van der Waals surface area (Å²) in [6, 6.07) is 3.64. The zero-order chi connectivity index (χ0) is 18.1. The number of halogens is 5. The summed E-state index contributed by atoms with van der Waals surface area (Å²) in [5.41, 5.74) is -0.255. The standard InChI is InChI=1S/C12H8F5N3O3S/c1-23-5-2-3-6(7(21)4-5)8(22)18-10-19-9(20-24-10)11(13,14)12(15,16)17/h2-4,21H,1H3,(H,18,19,20,22). The minimum Gasteiger partial charge on any atom is -0.507 e. The molecule has 1 amide bonds. The second-order valence-corrected chi connectivity index (χ2v) is 5.08. The number of methoxy groups -OCH3 is 1. The number of amides is 1. The molecule has 0 aliphatic carbocycles. The molecule has 2 aromatic rings. The molecule has 0 unspecified atom stereocenters. The third-order valence-electron chi connectivity index (χ3n) is 2.73. The van der Waals surface area contributed by atoms with Crippen molar-refractivity contribution in [2.75, 3.05) is 12.4 Å². The normalized spacial score (nSPS) is 12.1. The summed E-state index contributed by atoms with van der Waals surface area (Å²) in [6.07, 6.45) is -5.86. The number of nitrogens with one attached hydrogen (secondary N) is 1. The number of phenolic OH excluding ortho intramolecular Hbond substituents is 1. The first-order chi connectivity index (χ1) is 11.1. The highest BCUT2D eigenvalue weighted by atomic mass is 32.1. The minimum absolute atomic E-state index is 0.150. The van der Waals surface area contributed by atoms with Crippen molar-refractivity contribution in [3.05, 3.63) is 29.6 Å². The van der Waals surface area contributed by atoms with Gasteiger partial charge in [-0.15, -0.1) is 0 Å². The van der Waals surface area contributed by atoms with Crippen LogP contribution in [0.1, 0.15) is 16.2 Å². The Morgan fingerprint density at radius 2 is 1.96 bits per heavy atom. The van der Waals surface area contributed by atoms with Crippen LogP contribution in [0.5, 0.6) is 11.5 Å². The van der Waals surface area contributed by atoms with Gasteiger partial charge in [-0.3, -0.25) is 10.1 Å². The smallest absolute Gasteiger partial charge is 0.461 e. The van der Waals surface area contributed by atoms with Crippen molar-refractivity contribution in [3.8, 4) is 11.5 Å². The van der Waals surface area contributed by atoms with Crippen LogP contribution < -0.4 is 10.1 Å². The first-order valence-electron chi connectivity index (χ1n) is 6.03. The molecule has 0 bridgehead atoms. The van der Waals surface area contributed by atoms with Crippen LogP contribution in [-0.4, -0.2) is 33.7 Å². The predicted octanol–water partition coefficient (Wildman–Crippen LogP) is 3.16. The van der Waals surface area contributed by atoms with E-state index in [1.54, 1.807) is 0 Å². The van der Waals surface area contributed by atoms with E-state index in [2.05, 4.69) is 9.36 Å².